The number of nitrogens with zero attached hydrogens (tertiary/aromatic N) is 2. The molecule has 1 heterocycles. The molecule has 5 heteroatoms. The van der Waals surface area contributed by atoms with Crippen LogP contribution in [-0.4, -0.2) is 9.78 Å². The molecule has 0 amide bonds. The Balaban J connectivity index is 2.05. The zero-order valence-electron chi connectivity index (χ0n) is 11.1. The average molecular weight is 387 g/mol. The Kier molecular flexibility index (Phi) is 5.05. The van der Waals surface area contributed by atoms with Crippen molar-refractivity contribution in [1.82, 2.24) is 9.78 Å². The Morgan fingerprint density at radius 1 is 1.26 bits per heavy atom. The molecule has 1 aromatic heterocycles. The fourth-order valence-corrected chi connectivity index (χ4v) is 3.60. The van der Waals surface area contributed by atoms with E-state index in [2.05, 4.69) is 74.5 Å². The van der Waals surface area contributed by atoms with Crippen molar-refractivity contribution in [1.29, 1.82) is 0 Å². The van der Waals surface area contributed by atoms with E-state index in [4.69, 9.17) is 0 Å². The Morgan fingerprint density at radius 3 is 2.58 bits per heavy atom. The maximum absolute atomic E-state index is 4.33. The van der Waals surface area contributed by atoms with Crippen LogP contribution in [0, 0.1) is 6.92 Å². The molecular formula is C14H17Br2N3. The Bertz CT molecular complexity index is 541. The van der Waals surface area contributed by atoms with E-state index in [1.807, 2.05) is 10.9 Å². The molecule has 0 unspecified atom stereocenters. The molecule has 0 bridgehead atoms. The van der Waals surface area contributed by atoms with Gasteiger partial charge in [-0.2, -0.15) is 5.10 Å². The lowest BCUT2D eigenvalue weighted by Crippen LogP contribution is -2.01. The first-order chi connectivity index (χ1) is 9.10. The molecular weight excluding hydrogens is 370 g/mol. The van der Waals surface area contributed by atoms with Crippen molar-refractivity contribution in [3.8, 4) is 0 Å². The first-order valence-electron chi connectivity index (χ1n) is 6.31. The third-order valence-electron chi connectivity index (χ3n) is 2.80. The van der Waals surface area contributed by atoms with Gasteiger partial charge < -0.3 is 5.32 Å². The van der Waals surface area contributed by atoms with Crippen molar-refractivity contribution < 1.29 is 0 Å². The summed E-state index contributed by atoms with van der Waals surface area (Å²) in [7, 11) is 0. The normalized spacial score (nSPS) is 10.7. The number of aryl methyl sites for hydroxylation is 2. The van der Waals surface area contributed by atoms with E-state index in [9.17, 15) is 0 Å². The van der Waals surface area contributed by atoms with E-state index < -0.39 is 0 Å². The fourth-order valence-electron chi connectivity index (χ4n) is 1.91. The second kappa shape index (κ2) is 6.57. The molecule has 19 heavy (non-hydrogen) atoms. The molecule has 1 N–H and O–H groups in total. The molecule has 0 fully saturated rings. The fraction of sp³-hybridized carbons (Fsp3) is 0.357. The van der Waals surface area contributed by atoms with Gasteiger partial charge in [0.2, 0.25) is 0 Å². The highest BCUT2D eigenvalue weighted by Crippen LogP contribution is 2.32. The zero-order valence-corrected chi connectivity index (χ0v) is 14.3. The molecule has 0 aliphatic carbocycles. The molecule has 0 atom stereocenters. The molecule has 0 spiro atoms. The maximum Gasteiger partial charge on any atom is 0.0631 e. The van der Waals surface area contributed by atoms with Gasteiger partial charge in [-0.15, -0.1) is 0 Å². The van der Waals surface area contributed by atoms with Gasteiger partial charge in [0.05, 0.1) is 11.9 Å². The molecule has 3 nitrogen and oxygen atoms in total. The van der Waals surface area contributed by atoms with Crippen LogP contribution in [0.3, 0.4) is 0 Å². The third-order valence-corrected chi connectivity index (χ3v) is 4.05. The Labute approximate surface area is 130 Å². The van der Waals surface area contributed by atoms with Crippen LogP contribution in [0.1, 0.15) is 24.5 Å². The standard InChI is InChI=1S/C14H17Br2N3/c1-3-4-19-9-11(8-18-19)7-17-14-12(15)5-10(2)6-13(14)16/h5-6,8-9,17H,3-4,7H2,1-2H3. The van der Waals surface area contributed by atoms with Crippen molar-refractivity contribution >= 4 is 37.5 Å². The van der Waals surface area contributed by atoms with Gasteiger partial charge in [0.1, 0.15) is 0 Å². The SMILES string of the molecule is CCCn1cc(CNc2c(Br)cc(C)cc2Br)cn1. The number of hydrogen-bond donors (Lipinski definition) is 1. The predicted molar refractivity (Wildman–Crippen MR) is 86.4 cm³/mol. The highest BCUT2D eigenvalue weighted by molar-refractivity contribution is 9.11. The first-order valence-corrected chi connectivity index (χ1v) is 7.89. The van der Waals surface area contributed by atoms with Gasteiger partial charge in [-0.25, -0.2) is 0 Å². The lowest BCUT2D eigenvalue weighted by atomic mass is 10.2. The minimum atomic E-state index is 0.768. The third kappa shape index (κ3) is 3.83. The molecule has 2 rings (SSSR count). The van der Waals surface area contributed by atoms with Crippen molar-refractivity contribution in [2.75, 3.05) is 5.32 Å². The van der Waals surface area contributed by atoms with Crippen LogP contribution in [0.4, 0.5) is 5.69 Å². The van der Waals surface area contributed by atoms with E-state index >= 15 is 0 Å². The number of nitrogens with one attached hydrogen (secondary N) is 1. The largest absolute Gasteiger partial charge is 0.379 e. The number of hydrogen-bond acceptors (Lipinski definition) is 2. The molecule has 102 valence electrons. The second-order valence-electron chi connectivity index (χ2n) is 4.57. The van der Waals surface area contributed by atoms with Gasteiger partial charge in [0.15, 0.2) is 0 Å². The molecule has 2 aromatic rings. The Morgan fingerprint density at radius 2 is 1.95 bits per heavy atom. The molecule has 0 saturated carbocycles. The van der Waals surface area contributed by atoms with Crippen LogP contribution >= 0.6 is 31.9 Å². The van der Waals surface area contributed by atoms with E-state index in [1.165, 1.54) is 11.1 Å². The van der Waals surface area contributed by atoms with Crippen LogP contribution in [-0.2, 0) is 13.1 Å². The van der Waals surface area contributed by atoms with Gasteiger partial charge in [0, 0.05) is 33.8 Å². The average Bonchev–Trinajstić information content (AvgIpc) is 2.76. The highest BCUT2D eigenvalue weighted by atomic mass is 79.9. The minimum Gasteiger partial charge on any atom is -0.379 e. The molecule has 0 aliphatic rings. The molecule has 1 aromatic carbocycles. The summed E-state index contributed by atoms with van der Waals surface area (Å²) in [4.78, 5) is 0. The summed E-state index contributed by atoms with van der Waals surface area (Å²) in [5, 5.41) is 7.76. The van der Waals surface area contributed by atoms with Crippen molar-refractivity contribution in [2.45, 2.75) is 33.4 Å². The van der Waals surface area contributed by atoms with Crippen molar-refractivity contribution in [3.63, 3.8) is 0 Å². The second-order valence-corrected chi connectivity index (χ2v) is 6.28. The minimum absolute atomic E-state index is 0.768. The van der Waals surface area contributed by atoms with Crippen molar-refractivity contribution in [3.05, 3.63) is 44.6 Å². The number of benzene rings is 1. The van der Waals surface area contributed by atoms with Crippen LogP contribution < -0.4 is 5.32 Å². The van der Waals surface area contributed by atoms with Crippen LogP contribution in [0.15, 0.2) is 33.5 Å². The monoisotopic (exact) mass is 385 g/mol. The predicted octanol–water partition coefficient (Wildman–Crippen LogP) is 4.74. The van der Waals surface area contributed by atoms with Gasteiger partial charge in [-0.3, -0.25) is 4.68 Å². The van der Waals surface area contributed by atoms with Crippen LogP contribution in [0.25, 0.3) is 0 Å². The Hall–Kier alpha value is -0.810. The number of aromatic nitrogens is 2. The number of rotatable bonds is 5. The number of anilines is 1. The summed E-state index contributed by atoms with van der Waals surface area (Å²) in [5.74, 6) is 0. The summed E-state index contributed by atoms with van der Waals surface area (Å²) in [6, 6.07) is 4.21. The maximum atomic E-state index is 4.33. The highest BCUT2D eigenvalue weighted by Gasteiger charge is 2.06. The summed E-state index contributed by atoms with van der Waals surface area (Å²) in [5.41, 5.74) is 3.49. The zero-order chi connectivity index (χ0) is 13.8. The quantitative estimate of drug-likeness (QED) is 0.804. The van der Waals surface area contributed by atoms with E-state index in [-0.39, 0.29) is 0 Å². The summed E-state index contributed by atoms with van der Waals surface area (Å²) in [6.45, 7) is 5.97. The molecule has 0 radical (unpaired) electrons. The molecule has 0 aliphatic heterocycles. The smallest absolute Gasteiger partial charge is 0.0631 e. The van der Waals surface area contributed by atoms with Gasteiger partial charge >= 0.3 is 0 Å². The van der Waals surface area contributed by atoms with Crippen LogP contribution in [0.5, 0.6) is 0 Å². The van der Waals surface area contributed by atoms with Gasteiger partial charge in [-0.05, 0) is 62.9 Å². The summed E-state index contributed by atoms with van der Waals surface area (Å²) >= 11 is 7.18. The van der Waals surface area contributed by atoms with Crippen molar-refractivity contribution in [2.24, 2.45) is 0 Å². The van der Waals surface area contributed by atoms with Crippen LogP contribution in [0.2, 0.25) is 0 Å². The van der Waals surface area contributed by atoms with E-state index in [0.717, 1.165) is 34.1 Å². The topological polar surface area (TPSA) is 29.9 Å². The molecule has 0 saturated heterocycles. The van der Waals surface area contributed by atoms with Gasteiger partial charge in [-0.1, -0.05) is 6.92 Å². The van der Waals surface area contributed by atoms with E-state index in [1.54, 1.807) is 0 Å². The first kappa shape index (κ1) is 14.6. The lowest BCUT2D eigenvalue weighted by molar-refractivity contribution is 0.602. The summed E-state index contributed by atoms with van der Waals surface area (Å²) < 4.78 is 4.12. The number of halogens is 2. The lowest BCUT2D eigenvalue weighted by Gasteiger charge is -2.11. The van der Waals surface area contributed by atoms with Gasteiger partial charge in [0.25, 0.3) is 0 Å². The van der Waals surface area contributed by atoms with E-state index in [0.29, 0.717) is 0 Å². The summed E-state index contributed by atoms with van der Waals surface area (Å²) in [6.07, 6.45) is 5.11.